The predicted octanol–water partition coefficient (Wildman–Crippen LogP) is 2.62. The highest BCUT2D eigenvalue weighted by Crippen LogP contribution is 2.15. The summed E-state index contributed by atoms with van der Waals surface area (Å²) in [4.78, 5) is 0. The van der Waals surface area contributed by atoms with Crippen LogP contribution in [-0.4, -0.2) is 18.8 Å². The van der Waals surface area contributed by atoms with Gasteiger partial charge in [-0.1, -0.05) is 6.07 Å². The van der Waals surface area contributed by atoms with Crippen molar-refractivity contribution in [3.63, 3.8) is 0 Å². The summed E-state index contributed by atoms with van der Waals surface area (Å²) in [6.07, 6.45) is 2.12. The van der Waals surface area contributed by atoms with E-state index in [1.165, 1.54) is 12.1 Å². The van der Waals surface area contributed by atoms with Gasteiger partial charge in [0.1, 0.15) is 11.6 Å². The van der Waals surface area contributed by atoms with E-state index in [1.54, 1.807) is 0 Å². The second-order valence-corrected chi connectivity index (χ2v) is 4.52. The lowest BCUT2D eigenvalue weighted by molar-refractivity contribution is 0.0130. The first kappa shape index (κ1) is 12.5. The molecule has 1 aromatic rings. The minimum atomic E-state index is -0.536. The normalized spacial score (nSPS) is 24.9. The summed E-state index contributed by atoms with van der Waals surface area (Å²) in [6.45, 7) is 3.21. The van der Waals surface area contributed by atoms with Crippen molar-refractivity contribution in [1.29, 1.82) is 0 Å². The lowest BCUT2D eigenvalue weighted by Gasteiger charge is -2.28. The third-order valence-corrected chi connectivity index (χ3v) is 3.08. The van der Waals surface area contributed by atoms with Gasteiger partial charge in [0.15, 0.2) is 0 Å². The van der Waals surface area contributed by atoms with Gasteiger partial charge >= 0.3 is 0 Å². The SMILES string of the molecule is CC1CC(NCc2ccc(F)cc2F)CCO1. The minimum absolute atomic E-state index is 0.249. The van der Waals surface area contributed by atoms with Crippen LogP contribution in [-0.2, 0) is 11.3 Å². The van der Waals surface area contributed by atoms with Crippen molar-refractivity contribution in [2.24, 2.45) is 0 Å². The number of hydrogen-bond donors (Lipinski definition) is 1. The second-order valence-electron chi connectivity index (χ2n) is 4.52. The topological polar surface area (TPSA) is 21.3 Å². The highest BCUT2D eigenvalue weighted by atomic mass is 19.1. The summed E-state index contributed by atoms with van der Waals surface area (Å²) >= 11 is 0. The number of nitrogens with one attached hydrogen (secondary N) is 1. The number of hydrogen-bond acceptors (Lipinski definition) is 2. The molecule has 0 aliphatic carbocycles. The lowest BCUT2D eigenvalue weighted by Crippen LogP contribution is -2.37. The molecule has 4 heteroatoms. The first-order valence-electron chi connectivity index (χ1n) is 5.94. The second kappa shape index (κ2) is 5.56. The number of halogens is 2. The molecule has 1 aromatic carbocycles. The van der Waals surface area contributed by atoms with Crippen molar-refractivity contribution in [3.05, 3.63) is 35.4 Å². The van der Waals surface area contributed by atoms with Crippen molar-refractivity contribution in [1.82, 2.24) is 5.32 Å². The molecule has 2 nitrogen and oxygen atoms in total. The maximum absolute atomic E-state index is 13.4. The highest BCUT2D eigenvalue weighted by molar-refractivity contribution is 5.18. The fraction of sp³-hybridized carbons (Fsp3) is 0.538. The van der Waals surface area contributed by atoms with Crippen LogP contribution in [0, 0.1) is 11.6 Å². The Labute approximate surface area is 100.0 Å². The summed E-state index contributed by atoms with van der Waals surface area (Å²) in [5.41, 5.74) is 0.505. The zero-order valence-corrected chi connectivity index (χ0v) is 9.88. The van der Waals surface area contributed by atoms with Crippen LogP contribution in [0.2, 0.25) is 0 Å². The van der Waals surface area contributed by atoms with Crippen LogP contribution in [0.5, 0.6) is 0 Å². The van der Waals surface area contributed by atoms with Gasteiger partial charge in [0, 0.05) is 30.8 Å². The van der Waals surface area contributed by atoms with E-state index in [0.717, 1.165) is 25.5 Å². The number of benzene rings is 1. The van der Waals surface area contributed by atoms with Gasteiger partial charge < -0.3 is 10.1 Å². The van der Waals surface area contributed by atoms with Crippen molar-refractivity contribution >= 4 is 0 Å². The fourth-order valence-electron chi connectivity index (χ4n) is 2.10. The third-order valence-electron chi connectivity index (χ3n) is 3.08. The van der Waals surface area contributed by atoms with Crippen LogP contribution in [0.1, 0.15) is 25.3 Å². The van der Waals surface area contributed by atoms with E-state index >= 15 is 0 Å². The summed E-state index contributed by atoms with van der Waals surface area (Å²) in [6, 6.07) is 4.04. The Balaban J connectivity index is 1.88. The van der Waals surface area contributed by atoms with E-state index in [4.69, 9.17) is 4.74 Å². The molecule has 0 aromatic heterocycles. The highest BCUT2D eigenvalue weighted by Gasteiger charge is 2.18. The molecule has 2 atom stereocenters. The van der Waals surface area contributed by atoms with Gasteiger partial charge in [0.05, 0.1) is 6.10 Å². The van der Waals surface area contributed by atoms with Gasteiger partial charge in [-0.2, -0.15) is 0 Å². The Hall–Kier alpha value is -1.00. The van der Waals surface area contributed by atoms with Gasteiger partial charge in [0.2, 0.25) is 0 Å². The first-order valence-corrected chi connectivity index (χ1v) is 5.94. The van der Waals surface area contributed by atoms with E-state index in [9.17, 15) is 8.78 Å². The van der Waals surface area contributed by atoms with E-state index in [2.05, 4.69) is 5.32 Å². The first-order chi connectivity index (χ1) is 8.15. The monoisotopic (exact) mass is 241 g/mol. The molecule has 0 bridgehead atoms. The Morgan fingerprint density at radius 2 is 2.24 bits per heavy atom. The minimum Gasteiger partial charge on any atom is -0.378 e. The molecule has 94 valence electrons. The number of rotatable bonds is 3. The molecule has 2 unspecified atom stereocenters. The molecule has 1 saturated heterocycles. The molecule has 2 rings (SSSR count). The Bertz CT molecular complexity index is 384. The van der Waals surface area contributed by atoms with Gasteiger partial charge in [-0.05, 0) is 25.8 Å². The zero-order chi connectivity index (χ0) is 12.3. The van der Waals surface area contributed by atoms with Crippen molar-refractivity contribution in [3.8, 4) is 0 Å². The van der Waals surface area contributed by atoms with Crippen LogP contribution < -0.4 is 5.32 Å². The Morgan fingerprint density at radius 3 is 2.94 bits per heavy atom. The van der Waals surface area contributed by atoms with Gasteiger partial charge in [-0.3, -0.25) is 0 Å². The van der Waals surface area contributed by atoms with Crippen LogP contribution >= 0.6 is 0 Å². The molecule has 0 saturated carbocycles. The van der Waals surface area contributed by atoms with Crippen molar-refractivity contribution in [2.45, 2.75) is 38.5 Å². The molecule has 1 fully saturated rings. The molecule has 0 radical (unpaired) electrons. The van der Waals surface area contributed by atoms with Gasteiger partial charge in [-0.15, -0.1) is 0 Å². The van der Waals surface area contributed by atoms with Crippen molar-refractivity contribution in [2.75, 3.05) is 6.61 Å². The molecular weight excluding hydrogens is 224 g/mol. The summed E-state index contributed by atoms with van der Waals surface area (Å²) < 4.78 is 31.5. The third kappa shape index (κ3) is 3.48. The molecular formula is C13H17F2NO. The lowest BCUT2D eigenvalue weighted by atomic mass is 10.0. The summed E-state index contributed by atoms with van der Waals surface area (Å²) in [5.74, 6) is -1.02. The molecule has 0 amide bonds. The quantitative estimate of drug-likeness (QED) is 0.878. The Kier molecular flexibility index (Phi) is 4.07. The van der Waals surface area contributed by atoms with E-state index < -0.39 is 11.6 Å². The molecule has 1 aliphatic rings. The van der Waals surface area contributed by atoms with Gasteiger partial charge in [0.25, 0.3) is 0 Å². The van der Waals surface area contributed by atoms with E-state index in [1.807, 2.05) is 6.92 Å². The molecule has 17 heavy (non-hydrogen) atoms. The average molecular weight is 241 g/mol. The standard InChI is InChI=1S/C13H17F2NO/c1-9-6-12(4-5-17-9)16-8-10-2-3-11(14)7-13(10)15/h2-3,7,9,12,16H,4-6,8H2,1H3. The van der Waals surface area contributed by atoms with Crippen molar-refractivity contribution < 1.29 is 13.5 Å². The molecule has 0 spiro atoms. The maximum Gasteiger partial charge on any atom is 0.130 e. The van der Waals surface area contributed by atoms with Crippen LogP contribution in [0.25, 0.3) is 0 Å². The summed E-state index contributed by atoms with van der Waals surface area (Å²) in [5, 5.41) is 3.29. The zero-order valence-electron chi connectivity index (χ0n) is 9.88. The smallest absolute Gasteiger partial charge is 0.130 e. The van der Waals surface area contributed by atoms with Gasteiger partial charge in [-0.25, -0.2) is 8.78 Å². The largest absolute Gasteiger partial charge is 0.378 e. The molecule has 1 aliphatic heterocycles. The number of ether oxygens (including phenoxy) is 1. The van der Waals surface area contributed by atoms with E-state index in [-0.39, 0.29) is 6.10 Å². The molecule has 1 N–H and O–H groups in total. The predicted molar refractivity (Wildman–Crippen MR) is 61.6 cm³/mol. The Morgan fingerprint density at radius 1 is 1.41 bits per heavy atom. The summed E-state index contributed by atoms with van der Waals surface area (Å²) in [7, 11) is 0. The van der Waals surface area contributed by atoms with Crippen LogP contribution in [0.4, 0.5) is 8.78 Å². The maximum atomic E-state index is 13.4. The van der Waals surface area contributed by atoms with Crippen LogP contribution in [0.3, 0.4) is 0 Å². The van der Waals surface area contributed by atoms with E-state index in [0.29, 0.717) is 18.2 Å². The van der Waals surface area contributed by atoms with Crippen LogP contribution in [0.15, 0.2) is 18.2 Å². The molecule has 1 heterocycles. The average Bonchev–Trinajstić information content (AvgIpc) is 2.28. The fourth-order valence-corrected chi connectivity index (χ4v) is 2.10.